The molecule has 0 aromatic heterocycles. The number of nitrogen functional groups attached to an aromatic ring is 1. The summed E-state index contributed by atoms with van der Waals surface area (Å²) in [6.07, 6.45) is 0. The third-order valence-corrected chi connectivity index (χ3v) is 1.95. The van der Waals surface area contributed by atoms with Gasteiger partial charge in [-0.3, -0.25) is 0 Å². The maximum Gasteiger partial charge on any atom is 0.166 e. The largest absolute Gasteiger partial charge is 0.396 e. The maximum absolute atomic E-state index is 12.7. The van der Waals surface area contributed by atoms with Crippen molar-refractivity contribution in [2.45, 2.75) is 0 Å². The van der Waals surface area contributed by atoms with Gasteiger partial charge in [0.2, 0.25) is 0 Å². The van der Waals surface area contributed by atoms with Gasteiger partial charge in [-0.05, 0) is 0 Å². The molecule has 0 radical (unpaired) electrons. The van der Waals surface area contributed by atoms with E-state index in [2.05, 4.69) is 0 Å². The first-order valence-corrected chi connectivity index (χ1v) is 3.38. The molecule has 1 aromatic rings. The van der Waals surface area contributed by atoms with E-state index < -0.39 is 21.7 Å². The van der Waals surface area contributed by atoms with Gasteiger partial charge in [0.05, 0.1) is 10.7 Å². The van der Waals surface area contributed by atoms with Crippen molar-refractivity contribution in [2.75, 3.05) is 5.73 Å². The van der Waals surface area contributed by atoms with Gasteiger partial charge < -0.3 is 5.73 Å². The van der Waals surface area contributed by atoms with Crippen LogP contribution in [0.1, 0.15) is 0 Å². The minimum Gasteiger partial charge on any atom is -0.396 e. The van der Waals surface area contributed by atoms with Crippen molar-refractivity contribution in [3.8, 4) is 0 Å². The number of benzene rings is 1. The van der Waals surface area contributed by atoms with Crippen LogP contribution >= 0.6 is 23.2 Å². The molecule has 60 valence electrons. The van der Waals surface area contributed by atoms with Crippen molar-refractivity contribution in [3.05, 3.63) is 27.7 Å². The maximum atomic E-state index is 12.7. The van der Waals surface area contributed by atoms with Crippen LogP contribution in [0.25, 0.3) is 0 Å². The Morgan fingerprint density at radius 1 is 1.18 bits per heavy atom. The molecular formula is C6H3Cl2F2N. The molecule has 0 heterocycles. The lowest BCUT2D eigenvalue weighted by Gasteiger charge is -2.01. The van der Waals surface area contributed by atoms with E-state index in [0.29, 0.717) is 0 Å². The number of hydrogen-bond donors (Lipinski definition) is 1. The van der Waals surface area contributed by atoms with E-state index in [1.807, 2.05) is 0 Å². The van der Waals surface area contributed by atoms with Gasteiger partial charge in [0.1, 0.15) is 10.8 Å². The zero-order valence-corrected chi connectivity index (χ0v) is 6.68. The zero-order valence-electron chi connectivity index (χ0n) is 5.17. The first-order chi connectivity index (χ1) is 5.04. The predicted molar refractivity (Wildman–Crippen MR) is 40.8 cm³/mol. The van der Waals surface area contributed by atoms with Gasteiger partial charge in [0.15, 0.2) is 5.82 Å². The van der Waals surface area contributed by atoms with E-state index in [1.54, 1.807) is 0 Å². The number of halogens is 4. The fourth-order valence-corrected chi connectivity index (χ4v) is 0.928. The van der Waals surface area contributed by atoms with Crippen molar-refractivity contribution in [2.24, 2.45) is 0 Å². The monoisotopic (exact) mass is 197 g/mol. The molecular weight excluding hydrogens is 195 g/mol. The standard InChI is InChI=1S/C6H3Cl2F2N/c7-4-2(9)1-3(11)6(10)5(4)8/h1H,11H2. The van der Waals surface area contributed by atoms with Crippen LogP contribution in [0.15, 0.2) is 6.07 Å². The highest BCUT2D eigenvalue weighted by atomic mass is 35.5. The van der Waals surface area contributed by atoms with Gasteiger partial charge in [0.25, 0.3) is 0 Å². The summed E-state index contributed by atoms with van der Waals surface area (Å²) >= 11 is 10.5. The minimum atomic E-state index is -0.891. The van der Waals surface area contributed by atoms with E-state index >= 15 is 0 Å². The molecule has 1 aromatic carbocycles. The Morgan fingerprint density at radius 3 is 2.27 bits per heavy atom. The highest BCUT2D eigenvalue weighted by molar-refractivity contribution is 6.42. The van der Waals surface area contributed by atoms with E-state index in [9.17, 15) is 8.78 Å². The molecule has 0 atom stereocenters. The van der Waals surface area contributed by atoms with Gasteiger partial charge in [0, 0.05) is 6.07 Å². The Hall–Kier alpha value is -0.540. The lowest BCUT2D eigenvalue weighted by atomic mass is 10.3. The first kappa shape index (κ1) is 8.56. The summed E-state index contributed by atoms with van der Waals surface area (Å²) in [6, 6.07) is 0.781. The lowest BCUT2D eigenvalue weighted by molar-refractivity contribution is 0.605. The molecule has 1 nitrogen and oxygen atoms in total. The number of rotatable bonds is 0. The fourth-order valence-electron chi connectivity index (χ4n) is 0.591. The van der Waals surface area contributed by atoms with Crippen LogP contribution in [0.3, 0.4) is 0 Å². The third-order valence-electron chi connectivity index (χ3n) is 1.13. The van der Waals surface area contributed by atoms with Crippen molar-refractivity contribution >= 4 is 28.9 Å². The molecule has 0 aliphatic heterocycles. The third kappa shape index (κ3) is 1.39. The second-order valence-electron chi connectivity index (χ2n) is 1.89. The molecule has 1 rings (SSSR count). The Bertz CT molecular complexity index is 275. The molecule has 0 bridgehead atoms. The molecule has 0 aliphatic carbocycles. The van der Waals surface area contributed by atoms with Crippen LogP contribution in [0.2, 0.25) is 10.0 Å². The van der Waals surface area contributed by atoms with Crippen LogP contribution in [0.5, 0.6) is 0 Å². The molecule has 0 spiro atoms. The van der Waals surface area contributed by atoms with Gasteiger partial charge in [-0.2, -0.15) is 0 Å². The average molecular weight is 198 g/mol. The summed E-state index contributed by atoms with van der Waals surface area (Å²) in [5, 5.41) is -0.928. The number of hydrogen-bond acceptors (Lipinski definition) is 1. The first-order valence-electron chi connectivity index (χ1n) is 2.62. The molecule has 0 amide bonds. The highest BCUT2D eigenvalue weighted by Gasteiger charge is 2.12. The van der Waals surface area contributed by atoms with Crippen LogP contribution in [0.4, 0.5) is 14.5 Å². The summed E-state index contributed by atoms with van der Waals surface area (Å²) in [5.74, 6) is -1.71. The van der Waals surface area contributed by atoms with Crippen LogP contribution in [-0.2, 0) is 0 Å². The Labute approximate surface area is 71.7 Å². The molecule has 0 saturated carbocycles. The highest BCUT2D eigenvalue weighted by Crippen LogP contribution is 2.30. The topological polar surface area (TPSA) is 26.0 Å². The lowest BCUT2D eigenvalue weighted by Crippen LogP contribution is -1.93. The molecule has 11 heavy (non-hydrogen) atoms. The fraction of sp³-hybridized carbons (Fsp3) is 0. The SMILES string of the molecule is Nc1cc(F)c(Cl)c(Cl)c1F. The van der Waals surface area contributed by atoms with Gasteiger partial charge in [-0.15, -0.1) is 0 Å². The number of anilines is 1. The van der Waals surface area contributed by atoms with Gasteiger partial charge in [-0.1, -0.05) is 23.2 Å². The summed E-state index contributed by atoms with van der Waals surface area (Å²) in [5.41, 5.74) is 4.68. The molecule has 0 fully saturated rings. The number of nitrogens with two attached hydrogens (primary N) is 1. The summed E-state index contributed by atoms with van der Waals surface area (Å²) in [7, 11) is 0. The van der Waals surface area contributed by atoms with Gasteiger partial charge in [-0.25, -0.2) is 8.78 Å². The summed E-state index contributed by atoms with van der Waals surface area (Å²) in [6.45, 7) is 0. The van der Waals surface area contributed by atoms with Crippen LogP contribution in [0, 0.1) is 11.6 Å². The minimum absolute atomic E-state index is 0.350. The van der Waals surface area contributed by atoms with E-state index in [-0.39, 0.29) is 5.69 Å². The van der Waals surface area contributed by atoms with E-state index in [4.69, 9.17) is 28.9 Å². The van der Waals surface area contributed by atoms with Crippen molar-refractivity contribution in [1.29, 1.82) is 0 Å². The van der Waals surface area contributed by atoms with Crippen molar-refractivity contribution < 1.29 is 8.78 Å². The molecule has 0 unspecified atom stereocenters. The molecule has 0 aliphatic rings. The smallest absolute Gasteiger partial charge is 0.166 e. The Kier molecular flexibility index (Phi) is 2.20. The van der Waals surface area contributed by atoms with Gasteiger partial charge >= 0.3 is 0 Å². The summed E-state index contributed by atoms with van der Waals surface area (Å²) in [4.78, 5) is 0. The second-order valence-corrected chi connectivity index (χ2v) is 2.65. The second kappa shape index (κ2) is 2.83. The average Bonchev–Trinajstić information content (AvgIpc) is 1.97. The Morgan fingerprint density at radius 2 is 1.73 bits per heavy atom. The van der Waals surface area contributed by atoms with E-state index in [1.165, 1.54) is 0 Å². The zero-order chi connectivity index (χ0) is 8.59. The van der Waals surface area contributed by atoms with Crippen molar-refractivity contribution in [3.63, 3.8) is 0 Å². The normalized spacial score (nSPS) is 10.2. The molecule has 2 N–H and O–H groups in total. The van der Waals surface area contributed by atoms with E-state index in [0.717, 1.165) is 6.07 Å². The Balaban J connectivity index is 3.46. The van der Waals surface area contributed by atoms with Crippen molar-refractivity contribution in [1.82, 2.24) is 0 Å². The predicted octanol–water partition coefficient (Wildman–Crippen LogP) is 2.85. The molecule has 0 saturated heterocycles. The van der Waals surface area contributed by atoms with Crippen LogP contribution < -0.4 is 5.73 Å². The molecule has 5 heteroatoms. The summed E-state index contributed by atoms with van der Waals surface area (Å²) < 4.78 is 25.2. The van der Waals surface area contributed by atoms with Crippen LogP contribution in [-0.4, -0.2) is 0 Å². The quantitative estimate of drug-likeness (QED) is 0.387.